The second-order valence-corrected chi connectivity index (χ2v) is 2.35. The summed E-state index contributed by atoms with van der Waals surface area (Å²) in [6.45, 7) is 1.80. The predicted molar refractivity (Wildman–Crippen MR) is 35.2 cm³/mol. The summed E-state index contributed by atoms with van der Waals surface area (Å²) < 4.78 is 0.565. The number of thiol groups is 1. The van der Waals surface area contributed by atoms with Gasteiger partial charge in [0.05, 0.1) is 4.20 Å². The molecule has 0 heterocycles. The van der Waals surface area contributed by atoms with E-state index >= 15 is 0 Å². The Labute approximate surface area is 48.3 Å². The van der Waals surface area contributed by atoms with Crippen molar-refractivity contribution in [2.45, 2.75) is 13.0 Å². The maximum Gasteiger partial charge on any atom is 0.0613 e. The molecule has 0 bridgehead atoms. The van der Waals surface area contributed by atoms with Gasteiger partial charge in [-0.3, -0.25) is 0 Å². The van der Waals surface area contributed by atoms with Crippen LogP contribution < -0.4 is 5.73 Å². The van der Waals surface area contributed by atoms with Gasteiger partial charge >= 0.3 is 0 Å². The standard InChI is InChI=1S/C3H7NS2/c1-2(4)3(5)6/h2H,4H2,1H3,(H,5,6). The van der Waals surface area contributed by atoms with Crippen LogP contribution in [-0.2, 0) is 0 Å². The predicted octanol–water partition coefficient (Wildman–Crippen LogP) is 0.591. The molecule has 0 spiro atoms. The Morgan fingerprint density at radius 2 is 2.17 bits per heavy atom. The van der Waals surface area contributed by atoms with Crippen molar-refractivity contribution >= 4 is 29.0 Å². The lowest BCUT2D eigenvalue weighted by molar-refractivity contribution is 1.00. The van der Waals surface area contributed by atoms with Gasteiger partial charge < -0.3 is 5.73 Å². The summed E-state index contributed by atoms with van der Waals surface area (Å²) in [7, 11) is 0. The SMILES string of the molecule is CC(N)C(=S)S. The number of thiocarbonyl (C=S) groups is 1. The minimum atomic E-state index is -0.0525. The van der Waals surface area contributed by atoms with E-state index in [1.54, 1.807) is 6.92 Å². The normalized spacial score (nSPS) is 13.8. The molecule has 6 heavy (non-hydrogen) atoms. The molecule has 3 heteroatoms. The van der Waals surface area contributed by atoms with Crippen LogP contribution in [0.15, 0.2) is 0 Å². The highest BCUT2D eigenvalue weighted by Crippen LogP contribution is 1.86. The molecule has 1 unspecified atom stereocenters. The average molecular weight is 121 g/mol. The first-order valence-electron chi connectivity index (χ1n) is 1.63. The van der Waals surface area contributed by atoms with Crippen LogP contribution in [0.2, 0.25) is 0 Å². The lowest BCUT2D eigenvalue weighted by Crippen LogP contribution is -2.20. The quantitative estimate of drug-likeness (QED) is 0.392. The molecule has 0 amide bonds. The van der Waals surface area contributed by atoms with Crippen molar-refractivity contribution in [3.63, 3.8) is 0 Å². The van der Waals surface area contributed by atoms with E-state index in [1.807, 2.05) is 0 Å². The van der Waals surface area contributed by atoms with E-state index in [1.165, 1.54) is 0 Å². The molecular formula is C3H7NS2. The molecule has 36 valence electrons. The second kappa shape index (κ2) is 2.55. The molecule has 0 fully saturated rings. The first kappa shape index (κ1) is 6.40. The third kappa shape index (κ3) is 2.63. The van der Waals surface area contributed by atoms with E-state index < -0.39 is 0 Å². The monoisotopic (exact) mass is 121 g/mol. The molecule has 0 saturated heterocycles. The van der Waals surface area contributed by atoms with Gasteiger partial charge in [-0.1, -0.05) is 12.2 Å². The zero-order valence-corrected chi connectivity index (χ0v) is 5.22. The van der Waals surface area contributed by atoms with E-state index in [2.05, 4.69) is 24.8 Å². The van der Waals surface area contributed by atoms with Gasteiger partial charge in [0.1, 0.15) is 0 Å². The first-order valence-corrected chi connectivity index (χ1v) is 2.48. The smallest absolute Gasteiger partial charge is 0.0613 e. The van der Waals surface area contributed by atoms with Gasteiger partial charge in [-0.05, 0) is 6.92 Å². The summed E-state index contributed by atoms with van der Waals surface area (Å²) >= 11 is 8.36. The van der Waals surface area contributed by atoms with Crippen LogP contribution in [0, 0.1) is 0 Å². The molecule has 0 aliphatic heterocycles. The molecule has 0 aliphatic rings. The van der Waals surface area contributed by atoms with Crippen molar-refractivity contribution in [2.24, 2.45) is 5.73 Å². The van der Waals surface area contributed by atoms with E-state index in [0.29, 0.717) is 4.20 Å². The summed E-state index contributed by atoms with van der Waals surface area (Å²) in [6.07, 6.45) is 0. The molecule has 2 N–H and O–H groups in total. The molecule has 0 rings (SSSR count). The van der Waals surface area contributed by atoms with Crippen molar-refractivity contribution < 1.29 is 0 Å². The maximum atomic E-state index is 5.22. The Kier molecular flexibility index (Phi) is 2.72. The highest BCUT2D eigenvalue weighted by Gasteiger charge is 1.91. The third-order valence-corrected chi connectivity index (χ3v) is 1.17. The lowest BCUT2D eigenvalue weighted by Gasteiger charge is -1.94. The molecule has 0 aromatic rings. The van der Waals surface area contributed by atoms with E-state index in [-0.39, 0.29) is 6.04 Å². The summed E-state index contributed by atoms with van der Waals surface area (Å²) in [5.41, 5.74) is 5.22. The summed E-state index contributed by atoms with van der Waals surface area (Å²) in [5.74, 6) is 0. The van der Waals surface area contributed by atoms with Crippen LogP contribution in [0.5, 0.6) is 0 Å². The van der Waals surface area contributed by atoms with Crippen molar-refractivity contribution in [2.75, 3.05) is 0 Å². The Morgan fingerprint density at radius 3 is 2.17 bits per heavy atom. The second-order valence-electron chi connectivity index (χ2n) is 1.13. The van der Waals surface area contributed by atoms with Crippen LogP contribution >= 0.6 is 24.8 Å². The Balaban J connectivity index is 3.26. The minimum Gasteiger partial charge on any atom is -0.323 e. The molecule has 0 saturated carbocycles. The third-order valence-electron chi connectivity index (χ3n) is 0.390. The average Bonchev–Trinajstić information content (AvgIpc) is 1.36. The van der Waals surface area contributed by atoms with Crippen LogP contribution in [0.1, 0.15) is 6.92 Å². The molecule has 1 atom stereocenters. The van der Waals surface area contributed by atoms with Gasteiger partial charge in [-0.15, -0.1) is 12.6 Å². The molecular weight excluding hydrogens is 114 g/mol. The van der Waals surface area contributed by atoms with E-state index in [0.717, 1.165) is 0 Å². The first-order chi connectivity index (χ1) is 2.64. The van der Waals surface area contributed by atoms with Crippen molar-refractivity contribution in [1.29, 1.82) is 0 Å². The largest absolute Gasteiger partial charge is 0.323 e. The minimum absolute atomic E-state index is 0.0525. The van der Waals surface area contributed by atoms with Gasteiger partial charge in [0, 0.05) is 6.04 Å². The Hall–Kier alpha value is 0.400. The molecule has 1 nitrogen and oxygen atoms in total. The zero-order chi connectivity index (χ0) is 5.15. The fraction of sp³-hybridized carbons (Fsp3) is 0.667. The van der Waals surface area contributed by atoms with Gasteiger partial charge in [0.25, 0.3) is 0 Å². The van der Waals surface area contributed by atoms with Crippen LogP contribution in [0.25, 0.3) is 0 Å². The van der Waals surface area contributed by atoms with E-state index in [9.17, 15) is 0 Å². The maximum absolute atomic E-state index is 5.22. The highest BCUT2D eigenvalue weighted by atomic mass is 32.1. The molecule has 0 radical (unpaired) electrons. The Bertz CT molecular complexity index is 59.8. The number of rotatable bonds is 1. The van der Waals surface area contributed by atoms with Crippen molar-refractivity contribution in [3.8, 4) is 0 Å². The van der Waals surface area contributed by atoms with Gasteiger partial charge in [0.15, 0.2) is 0 Å². The van der Waals surface area contributed by atoms with Crippen LogP contribution in [0.3, 0.4) is 0 Å². The fourth-order valence-corrected chi connectivity index (χ4v) is 0. The van der Waals surface area contributed by atoms with Crippen LogP contribution in [0.4, 0.5) is 0 Å². The molecule has 0 aromatic heterocycles. The van der Waals surface area contributed by atoms with Crippen molar-refractivity contribution in [1.82, 2.24) is 0 Å². The summed E-state index contributed by atoms with van der Waals surface area (Å²) in [5, 5.41) is 0. The summed E-state index contributed by atoms with van der Waals surface area (Å²) in [4.78, 5) is 0. The molecule has 0 aliphatic carbocycles. The summed E-state index contributed by atoms with van der Waals surface area (Å²) in [6, 6.07) is -0.0525. The lowest BCUT2D eigenvalue weighted by atomic mass is 10.4. The molecule has 0 aromatic carbocycles. The van der Waals surface area contributed by atoms with Gasteiger partial charge in [-0.2, -0.15) is 0 Å². The van der Waals surface area contributed by atoms with Gasteiger partial charge in [-0.25, -0.2) is 0 Å². The van der Waals surface area contributed by atoms with Gasteiger partial charge in [0.2, 0.25) is 0 Å². The zero-order valence-electron chi connectivity index (χ0n) is 3.51. The van der Waals surface area contributed by atoms with Crippen LogP contribution in [-0.4, -0.2) is 10.2 Å². The Morgan fingerprint density at radius 1 is 2.00 bits per heavy atom. The topological polar surface area (TPSA) is 26.0 Å². The van der Waals surface area contributed by atoms with E-state index in [4.69, 9.17) is 5.73 Å². The number of hydrogen-bond donors (Lipinski definition) is 2. The van der Waals surface area contributed by atoms with Crippen molar-refractivity contribution in [3.05, 3.63) is 0 Å². The highest BCUT2D eigenvalue weighted by molar-refractivity contribution is 8.11. The fourth-order valence-electron chi connectivity index (χ4n) is 0. The number of nitrogens with two attached hydrogens (primary N) is 1. The number of hydrogen-bond acceptors (Lipinski definition) is 2.